The molecule has 152 valence electrons. The number of fused-ring (bicyclic) bond motifs is 1. The van der Waals surface area contributed by atoms with Crippen LogP contribution in [-0.2, 0) is 0 Å². The molecule has 0 saturated heterocycles. The molecule has 29 heavy (non-hydrogen) atoms. The molecule has 0 bridgehead atoms. The fourth-order valence-electron chi connectivity index (χ4n) is 3.86. The Bertz CT molecular complexity index is 999. The third-order valence-electron chi connectivity index (χ3n) is 5.52. The molecule has 0 unspecified atom stereocenters. The summed E-state index contributed by atoms with van der Waals surface area (Å²) in [7, 11) is 0. The van der Waals surface area contributed by atoms with Crippen molar-refractivity contribution in [3.63, 3.8) is 0 Å². The molecule has 2 aromatic heterocycles. The molecule has 0 radical (unpaired) electrons. The van der Waals surface area contributed by atoms with Crippen LogP contribution in [0, 0.1) is 5.92 Å². The van der Waals surface area contributed by atoms with E-state index in [1.54, 1.807) is 18.2 Å². The molecule has 4 rings (SSSR count). The number of rotatable bonds is 5. The quantitative estimate of drug-likeness (QED) is 0.668. The van der Waals surface area contributed by atoms with E-state index in [1.165, 1.54) is 18.3 Å². The number of carbonyl (C=O) groups is 1. The summed E-state index contributed by atoms with van der Waals surface area (Å²) in [6.45, 7) is 0.199. The van der Waals surface area contributed by atoms with Crippen LogP contribution >= 0.6 is 0 Å². The van der Waals surface area contributed by atoms with E-state index >= 15 is 0 Å². The zero-order valence-electron chi connectivity index (χ0n) is 15.8. The minimum Gasteiger partial charge on any atom is -0.396 e. The Labute approximate surface area is 166 Å². The van der Waals surface area contributed by atoms with E-state index in [1.807, 2.05) is 10.9 Å². The summed E-state index contributed by atoms with van der Waals surface area (Å²) in [5.74, 6) is -0.211. The Kier molecular flexibility index (Phi) is 5.53. The van der Waals surface area contributed by atoms with Gasteiger partial charge in [-0.1, -0.05) is 6.07 Å². The monoisotopic (exact) mass is 400 g/mol. The zero-order valence-corrected chi connectivity index (χ0v) is 15.8. The van der Waals surface area contributed by atoms with Gasteiger partial charge in [0.25, 0.3) is 12.3 Å². The molecule has 1 aromatic carbocycles. The molecule has 1 fully saturated rings. The van der Waals surface area contributed by atoms with Crippen molar-refractivity contribution in [3.05, 3.63) is 54.0 Å². The number of aromatic nitrogens is 3. The molecule has 8 heteroatoms. The van der Waals surface area contributed by atoms with Crippen LogP contribution in [-0.4, -0.2) is 32.4 Å². The molecule has 1 saturated carbocycles. The number of aliphatic hydroxyl groups excluding tert-OH is 1. The highest BCUT2D eigenvalue weighted by Gasteiger charge is 2.24. The van der Waals surface area contributed by atoms with Gasteiger partial charge in [-0.15, -0.1) is 0 Å². The van der Waals surface area contributed by atoms with Crippen molar-refractivity contribution < 1.29 is 18.7 Å². The van der Waals surface area contributed by atoms with Crippen molar-refractivity contribution >= 4 is 22.5 Å². The van der Waals surface area contributed by atoms with Crippen LogP contribution in [0.25, 0.3) is 10.9 Å². The summed E-state index contributed by atoms with van der Waals surface area (Å²) in [6, 6.07) is 7.93. The maximum absolute atomic E-state index is 13.6. The average molecular weight is 400 g/mol. The Morgan fingerprint density at radius 2 is 2.03 bits per heavy atom. The highest BCUT2D eigenvalue weighted by Crippen LogP contribution is 2.35. The summed E-state index contributed by atoms with van der Waals surface area (Å²) in [4.78, 5) is 16.3. The van der Waals surface area contributed by atoms with E-state index in [0.29, 0.717) is 16.8 Å². The standard InChI is InChI=1S/C21H22F2N4O2/c22-20(23)16-10-18-14(9-19(16)25-21(29)17-3-1-2-8-24-17)11-27(26-18)15-6-4-13(12-28)5-7-15/h1-3,8-11,13,15,20,28H,4-7,12H2,(H,25,29)/t13-,15-. The summed E-state index contributed by atoms with van der Waals surface area (Å²) in [5.41, 5.74) is 0.423. The number of nitrogens with one attached hydrogen (secondary N) is 1. The second-order valence-electron chi connectivity index (χ2n) is 7.43. The van der Waals surface area contributed by atoms with Crippen LogP contribution in [0.5, 0.6) is 0 Å². The van der Waals surface area contributed by atoms with Crippen LogP contribution in [0.2, 0.25) is 0 Å². The lowest BCUT2D eigenvalue weighted by Crippen LogP contribution is -2.20. The van der Waals surface area contributed by atoms with Gasteiger partial charge in [0.1, 0.15) is 5.69 Å². The van der Waals surface area contributed by atoms with Gasteiger partial charge in [0.05, 0.1) is 17.2 Å². The number of halogens is 2. The van der Waals surface area contributed by atoms with E-state index in [0.717, 1.165) is 25.7 Å². The predicted molar refractivity (Wildman–Crippen MR) is 105 cm³/mol. The van der Waals surface area contributed by atoms with E-state index in [9.17, 15) is 18.7 Å². The first kappa shape index (κ1) is 19.4. The summed E-state index contributed by atoms with van der Waals surface area (Å²) >= 11 is 0. The maximum atomic E-state index is 13.6. The normalized spacial score (nSPS) is 19.6. The third kappa shape index (κ3) is 4.12. The number of aliphatic hydroxyl groups is 1. The Morgan fingerprint density at radius 3 is 2.69 bits per heavy atom. The number of hydrogen-bond acceptors (Lipinski definition) is 4. The second kappa shape index (κ2) is 8.24. The van der Waals surface area contributed by atoms with E-state index in [4.69, 9.17) is 0 Å². The van der Waals surface area contributed by atoms with Crippen LogP contribution < -0.4 is 5.32 Å². The molecule has 0 spiro atoms. The second-order valence-corrected chi connectivity index (χ2v) is 7.43. The smallest absolute Gasteiger partial charge is 0.274 e. The van der Waals surface area contributed by atoms with Gasteiger partial charge in [0.15, 0.2) is 0 Å². The number of benzene rings is 1. The van der Waals surface area contributed by atoms with Gasteiger partial charge in [-0.25, -0.2) is 8.78 Å². The van der Waals surface area contributed by atoms with Crippen LogP contribution in [0.1, 0.15) is 54.2 Å². The van der Waals surface area contributed by atoms with Crippen LogP contribution in [0.3, 0.4) is 0 Å². The average Bonchev–Trinajstić information content (AvgIpc) is 3.16. The molecular formula is C21H22F2N4O2. The highest BCUT2D eigenvalue weighted by atomic mass is 19.3. The van der Waals surface area contributed by atoms with Gasteiger partial charge in [-0.05, 0) is 55.9 Å². The van der Waals surface area contributed by atoms with Crippen LogP contribution in [0.4, 0.5) is 14.5 Å². The number of carbonyl (C=O) groups excluding carboxylic acids is 1. The van der Waals surface area contributed by atoms with E-state index in [-0.39, 0.29) is 29.6 Å². The predicted octanol–water partition coefficient (Wildman–Crippen LogP) is 4.34. The first-order chi connectivity index (χ1) is 14.0. The lowest BCUT2D eigenvalue weighted by Gasteiger charge is -2.27. The zero-order chi connectivity index (χ0) is 20.4. The Hall–Kier alpha value is -2.87. The number of amides is 1. The number of hydrogen-bond donors (Lipinski definition) is 2. The molecule has 2 heterocycles. The largest absolute Gasteiger partial charge is 0.396 e. The Morgan fingerprint density at radius 1 is 1.24 bits per heavy atom. The molecule has 1 aliphatic carbocycles. The summed E-state index contributed by atoms with van der Waals surface area (Å²) in [5, 5.41) is 17.0. The molecule has 0 aliphatic heterocycles. The van der Waals surface area contributed by atoms with Crippen molar-refractivity contribution in [2.24, 2.45) is 5.92 Å². The molecule has 3 aromatic rings. The lowest BCUT2D eigenvalue weighted by molar-refractivity contribution is 0.102. The lowest BCUT2D eigenvalue weighted by atomic mass is 9.87. The van der Waals surface area contributed by atoms with Gasteiger partial charge in [0, 0.05) is 30.0 Å². The van der Waals surface area contributed by atoms with Crippen molar-refractivity contribution in [1.82, 2.24) is 14.8 Å². The first-order valence-corrected chi connectivity index (χ1v) is 9.69. The number of nitrogens with zero attached hydrogens (tertiary/aromatic N) is 3. The first-order valence-electron chi connectivity index (χ1n) is 9.69. The van der Waals surface area contributed by atoms with Gasteiger partial charge >= 0.3 is 0 Å². The van der Waals surface area contributed by atoms with Gasteiger partial charge in [-0.3, -0.25) is 14.5 Å². The number of pyridine rings is 1. The van der Waals surface area contributed by atoms with Crippen molar-refractivity contribution in [3.8, 4) is 0 Å². The molecule has 1 aliphatic rings. The minimum absolute atomic E-state index is 0.0618. The van der Waals surface area contributed by atoms with Crippen molar-refractivity contribution in [2.75, 3.05) is 11.9 Å². The van der Waals surface area contributed by atoms with Gasteiger partial charge < -0.3 is 10.4 Å². The minimum atomic E-state index is -2.75. The van der Waals surface area contributed by atoms with E-state index < -0.39 is 12.3 Å². The summed E-state index contributed by atoms with van der Waals surface area (Å²) in [6.07, 6.45) is 4.19. The molecule has 2 N–H and O–H groups in total. The fourth-order valence-corrected chi connectivity index (χ4v) is 3.86. The molecule has 6 nitrogen and oxygen atoms in total. The highest BCUT2D eigenvalue weighted by molar-refractivity contribution is 6.04. The summed E-state index contributed by atoms with van der Waals surface area (Å²) < 4.78 is 29.1. The van der Waals surface area contributed by atoms with Crippen molar-refractivity contribution in [2.45, 2.75) is 38.2 Å². The van der Waals surface area contributed by atoms with Crippen molar-refractivity contribution in [1.29, 1.82) is 0 Å². The van der Waals surface area contributed by atoms with E-state index in [2.05, 4.69) is 15.4 Å². The fraction of sp³-hybridized carbons (Fsp3) is 0.381. The Balaban J connectivity index is 1.62. The van der Waals surface area contributed by atoms with Gasteiger partial charge in [0.2, 0.25) is 0 Å². The number of anilines is 1. The topological polar surface area (TPSA) is 80.0 Å². The van der Waals surface area contributed by atoms with Gasteiger partial charge in [-0.2, -0.15) is 5.10 Å². The van der Waals surface area contributed by atoms with Crippen LogP contribution in [0.15, 0.2) is 42.7 Å². The molecule has 0 atom stereocenters. The SMILES string of the molecule is O=C(Nc1cc2cn([C@H]3CC[C@H](CO)CC3)nc2cc1C(F)F)c1ccccn1. The number of alkyl halides is 2. The maximum Gasteiger partial charge on any atom is 0.274 e. The molecule has 1 amide bonds. The third-order valence-corrected chi connectivity index (χ3v) is 5.52. The molecular weight excluding hydrogens is 378 g/mol.